The molecule has 1 aliphatic heterocycles. The van der Waals surface area contributed by atoms with Crippen LogP contribution >= 0.6 is 11.6 Å². The van der Waals surface area contributed by atoms with Crippen molar-refractivity contribution in [3.8, 4) is 11.4 Å². The molecule has 0 radical (unpaired) electrons. The Hall–Kier alpha value is -1.91. The van der Waals surface area contributed by atoms with Crippen LogP contribution in [0.5, 0.6) is 0 Å². The van der Waals surface area contributed by atoms with Crippen LogP contribution in [0.25, 0.3) is 17.0 Å². The van der Waals surface area contributed by atoms with Crippen molar-refractivity contribution in [2.24, 2.45) is 0 Å². The Bertz CT molecular complexity index is 805. The fraction of sp³-hybridized carbons (Fsp3) is 0.294. The zero-order chi connectivity index (χ0) is 14.9. The lowest BCUT2D eigenvalue weighted by atomic mass is 9.90. The molecular formula is C17H17ClN4. The molecule has 4 rings (SSSR count). The summed E-state index contributed by atoms with van der Waals surface area (Å²) in [6.45, 7) is 2.18. The second-order valence-electron chi connectivity index (χ2n) is 5.72. The van der Waals surface area contributed by atoms with Crippen LogP contribution in [0, 0.1) is 0 Å². The summed E-state index contributed by atoms with van der Waals surface area (Å²) in [5, 5.41) is 4.11. The number of hydrogen-bond donors (Lipinski definition) is 1. The number of hydrogen-bond acceptors (Lipinski definition) is 3. The number of rotatable bonds is 2. The van der Waals surface area contributed by atoms with Crippen molar-refractivity contribution in [2.45, 2.75) is 18.8 Å². The zero-order valence-corrected chi connectivity index (χ0v) is 12.9. The maximum atomic E-state index is 6.11. The maximum absolute atomic E-state index is 6.11. The molecule has 1 saturated heterocycles. The first-order valence-electron chi connectivity index (χ1n) is 7.61. The summed E-state index contributed by atoms with van der Waals surface area (Å²) in [4.78, 5) is 8.97. The highest BCUT2D eigenvalue weighted by atomic mass is 35.5. The molecule has 3 aromatic rings. The Morgan fingerprint density at radius 2 is 2.00 bits per heavy atom. The molecule has 0 aliphatic carbocycles. The molecule has 0 aromatic carbocycles. The first-order chi connectivity index (χ1) is 10.8. The largest absolute Gasteiger partial charge is 0.317 e. The normalized spacial score (nSPS) is 16.2. The van der Waals surface area contributed by atoms with Crippen LogP contribution in [0.4, 0.5) is 0 Å². The van der Waals surface area contributed by atoms with Gasteiger partial charge in [0.2, 0.25) is 0 Å². The lowest BCUT2D eigenvalue weighted by Crippen LogP contribution is -2.26. The van der Waals surface area contributed by atoms with E-state index >= 15 is 0 Å². The third kappa shape index (κ3) is 2.49. The lowest BCUT2D eigenvalue weighted by Gasteiger charge is -2.23. The van der Waals surface area contributed by atoms with E-state index in [0.717, 1.165) is 30.1 Å². The average molecular weight is 313 g/mol. The van der Waals surface area contributed by atoms with E-state index in [-0.39, 0.29) is 0 Å². The van der Waals surface area contributed by atoms with Gasteiger partial charge in [0.25, 0.3) is 0 Å². The molecule has 4 nitrogen and oxygen atoms in total. The second-order valence-corrected chi connectivity index (χ2v) is 6.15. The minimum absolute atomic E-state index is 0.616. The van der Waals surface area contributed by atoms with E-state index in [0.29, 0.717) is 10.9 Å². The van der Waals surface area contributed by atoms with Crippen LogP contribution in [0.1, 0.15) is 24.3 Å². The Balaban J connectivity index is 1.76. The predicted molar refractivity (Wildman–Crippen MR) is 88.3 cm³/mol. The fourth-order valence-electron chi connectivity index (χ4n) is 3.14. The number of halogens is 1. The first-order valence-corrected chi connectivity index (χ1v) is 7.99. The maximum Gasteiger partial charge on any atom is 0.137 e. The van der Waals surface area contributed by atoms with Crippen molar-refractivity contribution in [2.75, 3.05) is 13.1 Å². The predicted octanol–water partition coefficient (Wildman–Crippen LogP) is 3.52. The van der Waals surface area contributed by atoms with E-state index in [9.17, 15) is 0 Å². The summed E-state index contributed by atoms with van der Waals surface area (Å²) in [7, 11) is 0. The number of nitrogens with zero attached hydrogens (tertiary/aromatic N) is 3. The molecule has 1 N–H and O–H groups in total. The van der Waals surface area contributed by atoms with Crippen molar-refractivity contribution in [3.05, 3.63) is 53.4 Å². The van der Waals surface area contributed by atoms with Gasteiger partial charge in [-0.15, -0.1) is 0 Å². The van der Waals surface area contributed by atoms with E-state index in [1.807, 2.05) is 35.1 Å². The third-order valence-electron chi connectivity index (χ3n) is 4.33. The third-order valence-corrected chi connectivity index (χ3v) is 4.55. The van der Waals surface area contributed by atoms with Gasteiger partial charge in [-0.1, -0.05) is 11.6 Å². The minimum Gasteiger partial charge on any atom is -0.317 e. The van der Waals surface area contributed by atoms with Gasteiger partial charge in [0.15, 0.2) is 0 Å². The molecule has 0 atom stereocenters. The molecule has 0 spiro atoms. The Morgan fingerprint density at radius 1 is 1.14 bits per heavy atom. The van der Waals surface area contributed by atoms with Gasteiger partial charge < -0.3 is 5.32 Å². The van der Waals surface area contributed by atoms with Gasteiger partial charge in [-0.25, -0.2) is 4.98 Å². The Morgan fingerprint density at radius 3 is 2.86 bits per heavy atom. The van der Waals surface area contributed by atoms with Crippen molar-refractivity contribution in [3.63, 3.8) is 0 Å². The molecule has 22 heavy (non-hydrogen) atoms. The number of piperidine rings is 1. The summed E-state index contributed by atoms with van der Waals surface area (Å²) in [6.07, 6.45) is 8.01. The van der Waals surface area contributed by atoms with Gasteiger partial charge in [0.05, 0.1) is 22.6 Å². The van der Waals surface area contributed by atoms with Crippen molar-refractivity contribution in [1.82, 2.24) is 19.7 Å². The molecule has 1 fully saturated rings. The highest BCUT2D eigenvalue weighted by Crippen LogP contribution is 2.28. The topological polar surface area (TPSA) is 42.2 Å². The second kappa shape index (κ2) is 5.71. The molecule has 0 amide bonds. The Labute approximate surface area is 134 Å². The molecule has 0 unspecified atom stereocenters. The van der Waals surface area contributed by atoms with E-state index in [1.165, 1.54) is 18.4 Å². The van der Waals surface area contributed by atoms with E-state index in [2.05, 4.69) is 27.4 Å². The molecular weight excluding hydrogens is 296 g/mol. The molecule has 4 heterocycles. The number of imidazole rings is 1. The Kier molecular flexibility index (Phi) is 3.56. The molecule has 1 aliphatic rings. The molecule has 5 heteroatoms. The van der Waals surface area contributed by atoms with E-state index in [4.69, 9.17) is 11.6 Å². The first kappa shape index (κ1) is 13.7. The van der Waals surface area contributed by atoms with Gasteiger partial charge in [-0.05, 0) is 61.7 Å². The quantitative estimate of drug-likeness (QED) is 0.787. The van der Waals surface area contributed by atoms with Crippen LogP contribution in [0.2, 0.25) is 5.02 Å². The van der Waals surface area contributed by atoms with Crippen LogP contribution in [0.15, 0.2) is 42.9 Å². The number of aromatic nitrogens is 3. The fourth-order valence-corrected chi connectivity index (χ4v) is 3.30. The van der Waals surface area contributed by atoms with Gasteiger partial charge in [0, 0.05) is 12.4 Å². The van der Waals surface area contributed by atoms with Gasteiger partial charge in [-0.3, -0.25) is 9.38 Å². The highest BCUT2D eigenvalue weighted by molar-refractivity contribution is 6.30. The van der Waals surface area contributed by atoms with Crippen LogP contribution in [-0.2, 0) is 0 Å². The summed E-state index contributed by atoms with van der Waals surface area (Å²) < 4.78 is 2.00. The van der Waals surface area contributed by atoms with Crippen LogP contribution < -0.4 is 5.32 Å². The smallest absolute Gasteiger partial charge is 0.137 e. The highest BCUT2D eigenvalue weighted by Gasteiger charge is 2.16. The van der Waals surface area contributed by atoms with Crippen LogP contribution in [0.3, 0.4) is 0 Å². The minimum atomic E-state index is 0.616. The standard InChI is InChI=1S/C17H17ClN4/c18-14-1-2-17-21-10-16(22(17)11-14)15-9-13(5-8-20-15)12-3-6-19-7-4-12/h1-2,5,8-12,19H,3-4,6-7H2. The summed E-state index contributed by atoms with van der Waals surface area (Å²) >= 11 is 6.11. The van der Waals surface area contributed by atoms with Crippen molar-refractivity contribution < 1.29 is 0 Å². The number of fused-ring (bicyclic) bond motifs is 1. The average Bonchev–Trinajstić information content (AvgIpc) is 2.99. The SMILES string of the molecule is Clc1ccc2ncc(-c3cc(C4CCNCC4)ccn3)n2c1. The van der Waals surface area contributed by atoms with Gasteiger partial charge >= 0.3 is 0 Å². The van der Waals surface area contributed by atoms with E-state index in [1.54, 1.807) is 0 Å². The summed E-state index contributed by atoms with van der Waals surface area (Å²) in [5.41, 5.74) is 4.18. The van der Waals surface area contributed by atoms with Crippen LogP contribution in [-0.4, -0.2) is 27.5 Å². The monoisotopic (exact) mass is 312 g/mol. The number of pyridine rings is 2. The van der Waals surface area contributed by atoms with E-state index < -0.39 is 0 Å². The summed E-state index contributed by atoms with van der Waals surface area (Å²) in [5.74, 6) is 0.616. The zero-order valence-electron chi connectivity index (χ0n) is 12.2. The van der Waals surface area contributed by atoms with Crippen molar-refractivity contribution >= 4 is 17.2 Å². The number of nitrogens with one attached hydrogen (secondary N) is 1. The molecule has 0 saturated carbocycles. The van der Waals surface area contributed by atoms with Gasteiger partial charge in [-0.2, -0.15) is 0 Å². The lowest BCUT2D eigenvalue weighted by molar-refractivity contribution is 0.460. The van der Waals surface area contributed by atoms with Gasteiger partial charge in [0.1, 0.15) is 5.65 Å². The molecule has 3 aromatic heterocycles. The molecule has 0 bridgehead atoms. The van der Waals surface area contributed by atoms with Crippen molar-refractivity contribution in [1.29, 1.82) is 0 Å². The summed E-state index contributed by atoms with van der Waals surface area (Å²) in [6, 6.07) is 8.10. The molecule has 112 valence electrons.